The molecule has 1 aromatic carbocycles. The van der Waals surface area contributed by atoms with E-state index in [0.717, 1.165) is 12.8 Å². The number of nitrogens with zero attached hydrogens (tertiary/aromatic N) is 2. The molecule has 10 heteroatoms. The number of hydrogen-bond donors (Lipinski definition) is 1. The van der Waals surface area contributed by atoms with Crippen molar-refractivity contribution in [2.75, 3.05) is 26.3 Å². The van der Waals surface area contributed by atoms with E-state index >= 15 is 0 Å². The predicted octanol–water partition coefficient (Wildman–Crippen LogP) is 1.03. The number of piperazine rings is 1. The highest BCUT2D eigenvalue weighted by Gasteiger charge is 2.35. The Balaban J connectivity index is 1.93. The highest BCUT2D eigenvalue weighted by Crippen LogP contribution is 2.18. The summed E-state index contributed by atoms with van der Waals surface area (Å²) in [4.78, 5) is 48.0. The van der Waals surface area contributed by atoms with Crippen molar-refractivity contribution >= 4 is 23.5 Å². The third-order valence-electron chi connectivity index (χ3n) is 4.18. The van der Waals surface area contributed by atoms with Gasteiger partial charge in [-0.05, 0) is 18.6 Å². The van der Waals surface area contributed by atoms with Crippen LogP contribution in [0.15, 0.2) is 24.3 Å². The molecule has 1 aliphatic heterocycles. The normalized spacial score (nSPS) is 16.2. The van der Waals surface area contributed by atoms with Gasteiger partial charge in [-0.2, -0.15) is 0 Å². The van der Waals surface area contributed by atoms with E-state index < -0.39 is 28.7 Å². The molecule has 2 rings (SSSR count). The molecule has 0 unspecified atom stereocenters. The van der Waals surface area contributed by atoms with E-state index in [4.69, 9.17) is 9.47 Å². The van der Waals surface area contributed by atoms with Gasteiger partial charge in [0, 0.05) is 25.2 Å². The van der Waals surface area contributed by atoms with E-state index in [9.17, 15) is 24.5 Å². The number of esters is 1. The van der Waals surface area contributed by atoms with Gasteiger partial charge in [0.15, 0.2) is 6.61 Å². The van der Waals surface area contributed by atoms with Crippen LogP contribution in [0.2, 0.25) is 0 Å². The van der Waals surface area contributed by atoms with Crippen molar-refractivity contribution in [3.63, 3.8) is 0 Å². The SMILES string of the molecule is CCCCOC(=O)C[C@@H]1C(=O)NCCN1C(=O)COc1ccc([N+](=O)[O-])cc1. The minimum Gasteiger partial charge on any atom is -0.484 e. The molecule has 0 aliphatic carbocycles. The second-order valence-electron chi connectivity index (χ2n) is 6.21. The zero-order valence-corrected chi connectivity index (χ0v) is 15.6. The van der Waals surface area contributed by atoms with Gasteiger partial charge in [-0.3, -0.25) is 24.5 Å². The van der Waals surface area contributed by atoms with Gasteiger partial charge < -0.3 is 19.7 Å². The smallest absolute Gasteiger partial charge is 0.308 e. The molecule has 1 saturated heterocycles. The molecule has 1 fully saturated rings. The molecule has 0 spiro atoms. The summed E-state index contributed by atoms with van der Waals surface area (Å²) in [7, 11) is 0. The minimum absolute atomic E-state index is 0.0898. The maximum atomic E-state index is 12.5. The number of nitrogens with one attached hydrogen (secondary N) is 1. The highest BCUT2D eigenvalue weighted by atomic mass is 16.6. The predicted molar refractivity (Wildman–Crippen MR) is 97.6 cm³/mol. The van der Waals surface area contributed by atoms with Crippen molar-refractivity contribution < 1.29 is 28.8 Å². The lowest BCUT2D eigenvalue weighted by Gasteiger charge is -2.34. The first-order valence-electron chi connectivity index (χ1n) is 9.02. The zero-order valence-electron chi connectivity index (χ0n) is 15.6. The van der Waals surface area contributed by atoms with E-state index in [1.165, 1.54) is 29.2 Å². The summed E-state index contributed by atoms with van der Waals surface area (Å²) in [5, 5.41) is 13.3. The average molecular weight is 393 g/mol. The number of nitro groups is 1. The summed E-state index contributed by atoms with van der Waals surface area (Å²) in [6.07, 6.45) is 1.38. The fourth-order valence-electron chi connectivity index (χ4n) is 2.66. The van der Waals surface area contributed by atoms with E-state index in [1.54, 1.807) is 0 Å². The molecular formula is C18H23N3O7. The molecule has 28 heavy (non-hydrogen) atoms. The van der Waals surface area contributed by atoms with Crippen molar-refractivity contribution in [2.45, 2.75) is 32.2 Å². The number of carbonyl (C=O) groups excluding carboxylic acids is 3. The Morgan fingerprint density at radius 3 is 2.68 bits per heavy atom. The van der Waals surface area contributed by atoms with Crippen LogP contribution in [0.5, 0.6) is 5.75 Å². The Morgan fingerprint density at radius 2 is 2.04 bits per heavy atom. The fraction of sp³-hybridized carbons (Fsp3) is 0.500. The molecule has 1 aromatic rings. The van der Waals surface area contributed by atoms with Crippen LogP contribution >= 0.6 is 0 Å². The summed E-state index contributed by atoms with van der Waals surface area (Å²) in [6.45, 7) is 2.42. The van der Waals surface area contributed by atoms with Crippen molar-refractivity contribution in [1.82, 2.24) is 10.2 Å². The average Bonchev–Trinajstić information content (AvgIpc) is 2.68. The largest absolute Gasteiger partial charge is 0.484 e. The summed E-state index contributed by atoms with van der Waals surface area (Å²) in [6, 6.07) is 4.36. The number of ether oxygens (including phenoxy) is 2. The molecule has 0 saturated carbocycles. The third-order valence-corrected chi connectivity index (χ3v) is 4.18. The van der Waals surface area contributed by atoms with E-state index in [-0.39, 0.29) is 44.2 Å². The van der Waals surface area contributed by atoms with Crippen LogP contribution in [0, 0.1) is 10.1 Å². The number of rotatable bonds is 9. The Bertz CT molecular complexity index is 720. The number of benzene rings is 1. The molecule has 0 bridgehead atoms. The second-order valence-corrected chi connectivity index (χ2v) is 6.21. The van der Waals surface area contributed by atoms with Gasteiger partial charge in [-0.25, -0.2) is 0 Å². The second kappa shape index (κ2) is 10.2. The first-order chi connectivity index (χ1) is 13.4. The minimum atomic E-state index is -0.948. The summed E-state index contributed by atoms with van der Waals surface area (Å²) in [5.74, 6) is -1.12. The number of nitro benzene ring substituents is 1. The first-order valence-corrected chi connectivity index (χ1v) is 9.02. The number of hydrogen-bond acceptors (Lipinski definition) is 7. The van der Waals surface area contributed by atoms with Crippen LogP contribution in [0.4, 0.5) is 5.69 Å². The summed E-state index contributed by atoms with van der Waals surface area (Å²) >= 11 is 0. The van der Waals surface area contributed by atoms with Crippen LogP contribution in [0.25, 0.3) is 0 Å². The highest BCUT2D eigenvalue weighted by molar-refractivity contribution is 5.92. The number of unbranched alkanes of at least 4 members (excludes halogenated alkanes) is 1. The number of amides is 2. The Hall–Kier alpha value is -3.17. The molecule has 152 valence electrons. The van der Waals surface area contributed by atoms with Gasteiger partial charge >= 0.3 is 5.97 Å². The summed E-state index contributed by atoms with van der Waals surface area (Å²) < 4.78 is 10.4. The van der Waals surface area contributed by atoms with Crippen molar-refractivity contribution in [3.8, 4) is 5.75 Å². The standard InChI is InChI=1S/C18H23N3O7/c1-2-3-10-27-17(23)11-15-18(24)19-8-9-20(15)16(22)12-28-14-6-4-13(5-7-14)21(25)26/h4-7,15H,2-3,8-12H2,1H3,(H,19,24)/t15-/m1/s1. The molecule has 1 aliphatic rings. The molecule has 2 amide bonds. The van der Waals surface area contributed by atoms with Crippen LogP contribution in [0.3, 0.4) is 0 Å². The first kappa shape index (κ1) is 21.1. The molecule has 0 radical (unpaired) electrons. The maximum Gasteiger partial charge on any atom is 0.308 e. The lowest BCUT2D eigenvalue weighted by atomic mass is 10.1. The maximum absolute atomic E-state index is 12.5. The molecule has 1 heterocycles. The van der Waals surface area contributed by atoms with Crippen LogP contribution in [-0.4, -0.2) is 60.0 Å². The van der Waals surface area contributed by atoms with Crippen molar-refractivity contribution in [1.29, 1.82) is 0 Å². The zero-order chi connectivity index (χ0) is 20.5. The van der Waals surface area contributed by atoms with Gasteiger partial charge in [0.1, 0.15) is 11.8 Å². The molecule has 10 nitrogen and oxygen atoms in total. The van der Waals surface area contributed by atoms with Gasteiger partial charge in [-0.15, -0.1) is 0 Å². The molecule has 1 N–H and O–H groups in total. The number of carbonyl (C=O) groups is 3. The number of non-ortho nitro benzene ring substituents is 1. The molecular weight excluding hydrogens is 370 g/mol. The molecule has 0 aromatic heterocycles. The quantitative estimate of drug-likeness (QED) is 0.287. The van der Waals surface area contributed by atoms with Gasteiger partial charge in [0.05, 0.1) is 18.0 Å². The van der Waals surface area contributed by atoms with Crippen molar-refractivity contribution in [2.24, 2.45) is 0 Å². The lowest BCUT2D eigenvalue weighted by Crippen LogP contribution is -2.58. The van der Waals surface area contributed by atoms with Crippen molar-refractivity contribution in [3.05, 3.63) is 34.4 Å². The van der Waals surface area contributed by atoms with Crippen LogP contribution in [0.1, 0.15) is 26.2 Å². The van der Waals surface area contributed by atoms with Gasteiger partial charge in [0.2, 0.25) is 5.91 Å². The van der Waals surface area contributed by atoms with Crippen LogP contribution < -0.4 is 10.1 Å². The van der Waals surface area contributed by atoms with E-state index in [1.807, 2.05) is 6.92 Å². The van der Waals surface area contributed by atoms with Gasteiger partial charge in [0.25, 0.3) is 11.6 Å². The lowest BCUT2D eigenvalue weighted by molar-refractivity contribution is -0.384. The van der Waals surface area contributed by atoms with E-state index in [0.29, 0.717) is 0 Å². The topological polar surface area (TPSA) is 128 Å². The summed E-state index contributed by atoms with van der Waals surface area (Å²) in [5.41, 5.74) is -0.0898. The monoisotopic (exact) mass is 393 g/mol. The third kappa shape index (κ3) is 5.93. The Labute approximate surface area is 161 Å². The van der Waals surface area contributed by atoms with E-state index in [2.05, 4.69) is 5.32 Å². The molecule has 1 atom stereocenters. The van der Waals surface area contributed by atoms with Crippen LogP contribution in [-0.2, 0) is 19.1 Å². The Kier molecular flexibility index (Phi) is 7.73. The fourth-order valence-corrected chi connectivity index (χ4v) is 2.66. The van der Waals surface area contributed by atoms with Gasteiger partial charge in [-0.1, -0.05) is 13.3 Å². The Morgan fingerprint density at radius 1 is 1.32 bits per heavy atom.